The van der Waals surface area contributed by atoms with Gasteiger partial charge in [-0.05, 0) is 55.9 Å². The summed E-state index contributed by atoms with van der Waals surface area (Å²) in [4.78, 5) is 0. The van der Waals surface area contributed by atoms with Crippen LogP contribution in [0.2, 0.25) is 0 Å². The van der Waals surface area contributed by atoms with Gasteiger partial charge in [0.2, 0.25) is 0 Å². The molecule has 1 N–H and O–H groups in total. The van der Waals surface area contributed by atoms with Gasteiger partial charge >= 0.3 is 0 Å². The summed E-state index contributed by atoms with van der Waals surface area (Å²) < 4.78 is 0. The first kappa shape index (κ1) is 17.0. The predicted molar refractivity (Wildman–Crippen MR) is 86.4 cm³/mol. The zero-order chi connectivity index (χ0) is 14.3. The maximum absolute atomic E-state index is 3.88. The number of nitrogens with one attached hydrogen (secondary N) is 1. The van der Waals surface area contributed by atoms with Crippen LogP contribution in [0.5, 0.6) is 0 Å². The number of hydrogen-bond donors (Lipinski definition) is 1. The molecule has 0 aromatic rings. The van der Waals surface area contributed by atoms with E-state index < -0.39 is 0 Å². The van der Waals surface area contributed by atoms with E-state index in [9.17, 15) is 0 Å². The van der Waals surface area contributed by atoms with E-state index in [2.05, 4.69) is 39.9 Å². The quantitative estimate of drug-likeness (QED) is 0.633. The van der Waals surface area contributed by atoms with E-state index in [1.807, 2.05) is 0 Å². The van der Waals surface area contributed by atoms with Crippen LogP contribution < -0.4 is 5.32 Å². The molecule has 1 aliphatic rings. The topological polar surface area (TPSA) is 12.0 Å². The van der Waals surface area contributed by atoms with E-state index in [1.165, 1.54) is 51.5 Å². The molecular formula is C18H37N. The molecule has 114 valence electrons. The van der Waals surface area contributed by atoms with Crippen LogP contribution >= 0.6 is 0 Å². The van der Waals surface area contributed by atoms with E-state index in [0.717, 1.165) is 29.7 Å². The monoisotopic (exact) mass is 267 g/mol. The van der Waals surface area contributed by atoms with Gasteiger partial charge in [0.05, 0.1) is 0 Å². The highest BCUT2D eigenvalue weighted by molar-refractivity contribution is 4.77. The summed E-state index contributed by atoms with van der Waals surface area (Å²) in [6.07, 6.45) is 9.93. The molecular weight excluding hydrogens is 230 g/mol. The molecule has 0 bridgehead atoms. The molecule has 0 atom stereocenters. The largest absolute Gasteiger partial charge is 0.314 e. The fourth-order valence-electron chi connectivity index (χ4n) is 3.58. The van der Waals surface area contributed by atoms with Gasteiger partial charge in [0.25, 0.3) is 0 Å². The Kier molecular flexibility index (Phi) is 8.06. The van der Waals surface area contributed by atoms with Crippen LogP contribution in [-0.4, -0.2) is 12.6 Å². The zero-order valence-electron chi connectivity index (χ0n) is 14.0. The van der Waals surface area contributed by atoms with Crippen LogP contribution in [0.25, 0.3) is 0 Å². The first-order valence-corrected chi connectivity index (χ1v) is 8.74. The Morgan fingerprint density at radius 1 is 0.842 bits per heavy atom. The Bertz CT molecular complexity index is 204. The highest BCUT2D eigenvalue weighted by Crippen LogP contribution is 2.30. The molecule has 1 rings (SSSR count). The molecule has 0 radical (unpaired) electrons. The van der Waals surface area contributed by atoms with Crippen molar-refractivity contribution in [1.82, 2.24) is 5.32 Å². The highest BCUT2D eigenvalue weighted by Gasteiger charge is 2.21. The van der Waals surface area contributed by atoms with Gasteiger partial charge in [-0.2, -0.15) is 0 Å². The minimum atomic E-state index is 0.740. The van der Waals surface area contributed by atoms with E-state index in [0.29, 0.717) is 0 Å². The van der Waals surface area contributed by atoms with Crippen molar-refractivity contribution in [2.45, 2.75) is 85.6 Å². The maximum atomic E-state index is 3.88. The molecule has 0 saturated heterocycles. The third kappa shape index (κ3) is 7.34. The van der Waals surface area contributed by atoms with Gasteiger partial charge in [0, 0.05) is 6.04 Å². The van der Waals surface area contributed by atoms with E-state index >= 15 is 0 Å². The lowest BCUT2D eigenvalue weighted by molar-refractivity contribution is 0.246. The Morgan fingerprint density at radius 2 is 1.32 bits per heavy atom. The second-order valence-electron chi connectivity index (χ2n) is 7.66. The van der Waals surface area contributed by atoms with Crippen molar-refractivity contribution in [1.29, 1.82) is 0 Å². The number of rotatable bonds is 8. The fraction of sp³-hybridized carbons (Fsp3) is 1.00. The molecule has 0 spiro atoms. The van der Waals surface area contributed by atoms with Crippen LogP contribution in [0.1, 0.15) is 79.6 Å². The summed E-state index contributed by atoms with van der Waals surface area (Å²) >= 11 is 0. The molecule has 0 aromatic heterocycles. The SMILES string of the molecule is CCC1CCC(CNC(CC(C)C)CC(C)C)CC1. The van der Waals surface area contributed by atoms with Gasteiger partial charge < -0.3 is 5.32 Å². The molecule has 0 aliphatic heterocycles. The summed E-state index contributed by atoms with van der Waals surface area (Å²) in [5.74, 6) is 3.60. The average molecular weight is 268 g/mol. The van der Waals surface area contributed by atoms with Crippen molar-refractivity contribution < 1.29 is 0 Å². The van der Waals surface area contributed by atoms with Gasteiger partial charge in [-0.25, -0.2) is 0 Å². The molecule has 0 aromatic carbocycles. The Hall–Kier alpha value is -0.0400. The second-order valence-corrected chi connectivity index (χ2v) is 7.66. The zero-order valence-corrected chi connectivity index (χ0v) is 14.0. The molecule has 1 heteroatoms. The van der Waals surface area contributed by atoms with Crippen molar-refractivity contribution >= 4 is 0 Å². The predicted octanol–water partition coefficient (Wildman–Crippen LogP) is 5.25. The van der Waals surface area contributed by atoms with Gasteiger partial charge in [0.1, 0.15) is 0 Å². The van der Waals surface area contributed by atoms with Gasteiger partial charge in [-0.15, -0.1) is 0 Å². The van der Waals surface area contributed by atoms with E-state index in [4.69, 9.17) is 0 Å². The minimum absolute atomic E-state index is 0.740. The van der Waals surface area contributed by atoms with Crippen LogP contribution in [0.4, 0.5) is 0 Å². The molecule has 0 heterocycles. The molecule has 0 amide bonds. The summed E-state index contributed by atoms with van der Waals surface area (Å²) in [5.41, 5.74) is 0. The van der Waals surface area contributed by atoms with Crippen molar-refractivity contribution in [2.75, 3.05) is 6.54 Å². The fourth-order valence-corrected chi connectivity index (χ4v) is 3.58. The normalized spacial score (nSPS) is 24.6. The summed E-state index contributed by atoms with van der Waals surface area (Å²) in [7, 11) is 0. The van der Waals surface area contributed by atoms with Crippen LogP contribution in [0, 0.1) is 23.7 Å². The summed E-state index contributed by atoms with van der Waals surface area (Å²) in [6.45, 7) is 13.0. The standard InChI is InChI=1S/C18H37N/c1-6-16-7-9-17(10-8-16)13-19-18(11-14(2)3)12-15(4)5/h14-19H,6-13H2,1-5H3. The van der Waals surface area contributed by atoms with Crippen molar-refractivity contribution in [2.24, 2.45) is 23.7 Å². The third-order valence-corrected chi connectivity index (χ3v) is 4.75. The first-order valence-electron chi connectivity index (χ1n) is 8.74. The van der Waals surface area contributed by atoms with Crippen LogP contribution in [0.3, 0.4) is 0 Å². The first-order chi connectivity index (χ1) is 9.01. The van der Waals surface area contributed by atoms with Crippen molar-refractivity contribution in [3.05, 3.63) is 0 Å². The second kappa shape index (κ2) is 9.00. The maximum Gasteiger partial charge on any atom is 0.00720 e. The number of hydrogen-bond acceptors (Lipinski definition) is 1. The minimum Gasteiger partial charge on any atom is -0.314 e. The van der Waals surface area contributed by atoms with Crippen molar-refractivity contribution in [3.63, 3.8) is 0 Å². The van der Waals surface area contributed by atoms with Crippen LogP contribution in [0.15, 0.2) is 0 Å². The molecule has 1 saturated carbocycles. The molecule has 19 heavy (non-hydrogen) atoms. The van der Waals surface area contributed by atoms with Crippen LogP contribution in [-0.2, 0) is 0 Å². The Balaban J connectivity index is 2.27. The highest BCUT2D eigenvalue weighted by atomic mass is 14.9. The lowest BCUT2D eigenvalue weighted by atomic mass is 9.80. The molecule has 1 aliphatic carbocycles. The summed E-state index contributed by atoms with van der Waals surface area (Å²) in [6, 6.07) is 0.740. The third-order valence-electron chi connectivity index (χ3n) is 4.75. The lowest BCUT2D eigenvalue weighted by Crippen LogP contribution is -2.36. The smallest absolute Gasteiger partial charge is 0.00720 e. The van der Waals surface area contributed by atoms with E-state index in [-0.39, 0.29) is 0 Å². The Morgan fingerprint density at radius 3 is 1.74 bits per heavy atom. The lowest BCUT2D eigenvalue weighted by Gasteiger charge is -2.30. The molecule has 1 fully saturated rings. The Labute approximate surface area is 121 Å². The van der Waals surface area contributed by atoms with Gasteiger partial charge in [-0.3, -0.25) is 0 Å². The van der Waals surface area contributed by atoms with Crippen molar-refractivity contribution in [3.8, 4) is 0 Å². The molecule has 1 nitrogen and oxygen atoms in total. The van der Waals surface area contributed by atoms with Gasteiger partial charge in [-0.1, -0.05) is 53.9 Å². The molecule has 0 unspecified atom stereocenters. The van der Waals surface area contributed by atoms with E-state index in [1.54, 1.807) is 0 Å². The average Bonchev–Trinajstić information content (AvgIpc) is 2.35. The summed E-state index contributed by atoms with van der Waals surface area (Å²) in [5, 5.41) is 3.88. The van der Waals surface area contributed by atoms with Gasteiger partial charge in [0.15, 0.2) is 0 Å².